The van der Waals surface area contributed by atoms with Crippen LogP contribution in [-0.4, -0.2) is 12.6 Å². The van der Waals surface area contributed by atoms with Gasteiger partial charge in [0.25, 0.3) is 0 Å². The lowest BCUT2D eigenvalue weighted by Crippen LogP contribution is -2.30. The van der Waals surface area contributed by atoms with Crippen molar-refractivity contribution >= 4 is 15.9 Å². The smallest absolute Gasteiger partial charge is 0.0213 e. The zero-order valence-corrected chi connectivity index (χ0v) is 12.0. The van der Waals surface area contributed by atoms with Gasteiger partial charge in [-0.1, -0.05) is 47.5 Å². The Hall–Kier alpha value is -0.340. The molecule has 1 aromatic rings. The molecule has 2 aliphatic rings. The van der Waals surface area contributed by atoms with Crippen molar-refractivity contribution in [1.29, 1.82) is 0 Å². The number of halogens is 1. The van der Waals surface area contributed by atoms with Gasteiger partial charge in [0.05, 0.1) is 0 Å². The molecule has 0 saturated heterocycles. The number of hydrogen-bond donors (Lipinski definition) is 1. The van der Waals surface area contributed by atoms with Crippen LogP contribution in [0.3, 0.4) is 0 Å². The van der Waals surface area contributed by atoms with Crippen molar-refractivity contribution in [3.8, 4) is 0 Å². The van der Waals surface area contributed by atoms with Crippen molar-refractivity contribution < 1.29 is 0 Å². The van der Waals surface area contributed by atoms with Gasteiger partial charge in [0.1, 0.15) is 0 Å². The molecule has 2 atom stereocenters. The van der Waals surface area contributed by atoms with Crippen molar-refractivity contribution in [1.82, 2.24) is 5.32 Å². The summed E-state index contributed by atoms with van der Waals surface area (Å²) < 4.78 is 1.29. The minimum atomic E-state index is 0.414. The van der Waals surface area contributed by atoms with Gasteiger partial charge in [-0.15, -0.1) is 0 Å². The average Bonchev–Trinajstić information content (AvgIpc) is 3.23. The van der Waals surface area contributed by atoms with Crippen molar-refractivity contribution in [3.63, 3.8) is 0 Å². The van der Waals surface area contributed by atoms with Crippen LogP contribution in [0.5, 0.6) is 0 Å². The van der Waals surface area contributed by atoms with Gasteiger partial charge in [-0.25, -0.2) is 0 Å². The molecule has 0 aromatic heterocycles. The monoisotopic (exact) mass is 293 g/mol. The fraction of sp³-hybridized carbons (Fsp3) is 0.600. The van der Waals surface area contributed by atoms with Gasteiger partial charge in [0, 0.05) is 22.5 Å². The topological polar surface area (TPSA) is 12.0 Å². The second-order valence-electron chi connectivity index (χ2n) is 5.60. The van der Waals surface area contributed by atoms with Crippen molar-refractivity contribution in [2.75, 3.05) is 6.54 Å². The molecule has 2 heteroatoms. The van der Waals surface area contributed by atoms with E-state index in [0.717, 1.165) is 12.0 Å². The molecule has 2 unspecified atom stereocenters. The predicted octanol–water partition coefficient (Wildman–Crippen LogP) is 3.87. The van der Waals surface area contributed by atoms with Gasteiger partial charge < -0.3 is 5.32 Å². The number of nitrogens with one attached hydrogen (secondary N) is 1. The Kier molecular flexibility index (Phi) is 3.04. The van der Waals surface area contributed by atoms with Gasteiger partial charge in [0.15, 0.2) is 0 Å². The second-order valence-corrected chi connectivity index (χ2v) is 6.45. The summed E-state index contributed by atoms with van der Waals surface area (Å²) in [6.07, 6.45) is 5.41. The summed E-state index contributed by atoms with van der Waals surface area (Å²) in [4.78, 5) is 0. The van der Waals surface area contributed by atoms with Crippen LogP contribution >= 0.6 is 15.9 Å². The zero-order chi connectivity index (χ0) is 11.9. The van der Waals surface area contributed by atoms with Crippen molar-refractivity contribution in [3.05, 3.63) is 34.3 Å². The SMILES string of the molecule is CCC1CC1(CNC1CC1)c1ccccc1Br. The molecule has 3 rings (SSSR count). The first-order valence-electron chi connectivity index (χ1n) is 6.74. The molecule has 1 nitrogen and oxygen atoms in total. The second kappa shape index (κ2) is 4.40. The van der Waals surface area contributed by atoms with E-state index in [1.807, 2.05) is 0 Å². The Morgan fingerprint density at radius 3 is 2.71 bits per heavy atom. The molecule has 0 aliphatic heterocycles. The van der Waals surface area contributed by atoms with E-state index in [1.165, 1.54) is 42.3 Å². The van der Waals surface area contributed by atoms with E-state index >= 15 is 0 Å². The molecule has 2 fully saturated rings. The first-order chi connectivity index (χ1) is 8.26. The van der Waals surface area contributed by atoms with Gasteiger partial charge >= 0.3 is 0 Å². The zero-order valence-electron chi connectivity index (χ0n) is 10.4. The largest absolute Gasteiger partial charge is 0.313 e. The Labute approximate surface area is 112 Å². The third kappa shape index (κ3) is 2.17. The molecule has 0 spiro atoms. The van der Waals surface area contributed by atoms with E-state index in [4.69, 9.17) is 0 Å². The molecule has 1 aromatic carbocycles. The third-order valence-corrected chi connectivity index (χ3v) is 5.11. The van der Waals surface area contributed by atoms with Crippen LogP contribution in [0.25, 0.3) is 0 Å². The molecule has 1 N–H and O–H groups in total. The Balaban J connectivity index is 1.82. The number of hydrogen-bond acceptors (Lipinski definition) is 1. The molecule has 0 amide bonds. The van der Waals surface area contributed by atoms with Gasteiger partial charge in [-0.2, -0.15) is 0 Å². The maximum Gasteiger partial charge on any atom is 0.0213 e. The number of benzene rings is 1. The summed E-state index contributed by atoms with van der Waals surface area (Å²) in [5, 5.41) is 3.73. The molecule has 2 saturated carbocycles. The fourth-order valence-corrected chi connectivity index (χ4v) is 3.72. The lowest BCUT2D eigenvalue weighted by Gasteiger charge is -2.20. The van der Waals surface area contributed by atoms with E-state index < -0.39 is 0 Å². The molecular formula is C15H20BrN. The first-order valence-corrected chi connectivity index (χ1v) is 7.54. The van der Waals surface area contributed by atoms with E-state index in [-0.39, 0.29) is 0 Å². The summed E-state index contributed by atoms with van der Waals surface area (Å²) >= 11 is 3.72. The number of rotatable bonds is 5. The molecule has 17 heavy (non-hydrogen) atoms. The quantitative estimate of drug-likeness (QED) is 0.869. The van der Waals surface area contributed by atoms with Crippen LogP contribution in [0.1, 0.15) is 38.2 Å². The standard InChI is InChI=1S/C15H20BrN/c1-2-11-9-15(11,10-17-12-7-8-12)13-5-3-4-6-14(13)16/h3-6,11-12,17H,2,7-10H2,1H3. The minimum absolute atomic E-state index is 0.414. The average molecular weight is 294 g/mol. The highest BCUT2D eigenvalue weighted by Crippen LogP contribution is 2.57. The molecule has 0 radical (unpaired) electrons. The normalized spacial score (nSPS) is 31.5. The Morgan fingerprint density at radius 2 is 2.12 bits per heavy atom. The molecular weight excluding hydrogens is 274 g/mol. The minimum Gasteiger partial charge on any atom is -0.313 e. The summed E-state index contributed by atoms with van der Waals surface area (Å²) in [6.45, 7) is 3.49. The lowest BCUT2D eigenvalue weighted by molar-refractivity contribution is 0.520. The van der Waals surface area contributed by atoms with E-state index in [1.54, 1.807) is 0 Å². The summed E-state index contributed by atoms with van der Waals surface area (Å²) in [6, 6.07) is 9.57. The van der Waals surface area contributed by atoms with Crippen LogP contribution in [0.15, 0.2) is 28.7 Å². The van der Waals surface area contributed by atoms with Gasteiger partial charge in [-0.05, 0) is 36.8 Å². The van der Waals surface area contributed by atoms with Crippen LogP contribution < -0.4 is 5.32 Å². The predicted molar refractivity (Wildman–Crippen MR) is 75.2 cm³/mol. The van der Waals surface area contributed by atoms with Crippen molar-refractivity contribution in [2.24, 2.45) is 5.92 Å². The highest BCUT2D eigenvalue weighted by molar-refractivity contribution is 9.10. The highest BCUT2D eigenvalue weighted by Gasteiger charge is 2.54. The molecule has 2 aliphatic carbocycles. The van der Waals surface area contributed by atoms with Crippen molar-refractivity contribution in [2.45, 2.75) is 44.1 Å². The summed E-state index contributed by atoms with van der Waals surface area (Å²) in [5.74, 6) is 0.868. The van der Waals surface area contributed by atoms with Gasteiger partial charge in [0.2, 0.25) is 0 Å². The lowest BCUT2D eigenvalue weighted by atomic mass is 9.92. The maximum absolute atomic E-state index is 3.73. The van der Waals surface area contributed by atoms with E-state index in [0.29, 0.717) is 5.41 Å². The molecule has 92 valence electrons. The Bertz CT molecular complexity index is 413. The summed E-state index contributed by atoms with van der Waals surface area (Å²) in [5.41, 5.74) is 1.93. The van der Waals surface area contributed by atoms with Crippen LogP contribution in [-0.2, 0) is 5.41 Å². The first kappa shape index (κ1) is 11.7. The Morgan fingerprint density at radius 1 is 1.35 bits per heavy atom. The van der Waals surface area contributed by atoms with Crippen LogP contribution in [0.4, 0.5) is 0 Å². The van der Waals surface area contributed by atoms with Gasteiger partial charge in [-0.3, -0.25) is 0 Å². The van der Waals surface area contributed by atoms with Crippen LogP contribution in [0.2, 0.25) is 0 Å². The molecule has 0 bridgehead atoms. The maximum atomic E-state index is 3.73. The van der Waals surface area contributed by atoms with E-state index in [9.17, 15) is 0 Å². The fourth-order valence-electron chi connectivity index (χ4n) is 3.04. The summed E-state index contributed by atoms with van der Waals surface area (Å²) in [7, 11) is 0. The van der Waals surface area contributed by atoms with Crippen LogP contribution in [0, 0.1) is 5.92 Å². The highest BCUT2D eigenvalue weighted by atomic mass is 79.9. The van der Waals surface area contributed by atoms with E-state index in [2.05, 4.69) is 52.4 Å². The third-order valence-electron chi connectivity index (χ3n) is 4.42. The molecule has 0 heterocycles.